The van der Waals surface area contributed by atoms with E-state index in [1.807, 2.05) is 12.1 Å². The second-order valence-corrected chi connectivity index (χ2v) is 6.30. The van der Waals surface area contributed by atoms with Gasteiger partial charge in [0.2, 0.25) is 0 Å². The minimum Gasteiger partial charge on any atom is -0.306 e. The molecule has 1 aliphatic heterocycles. The predicted molar refractivity (Wildman–Crippen MR) is 83.5 cm³/mol. The fourth-order valence-electron chi connectivity index (χ4n) is 2.81. The van der Waals surface area contributed by atoms with Gasteiger partial charge in [0.05, 0.1) is 0 Å². The molecule has 1 atom stereocenters. The van der Waals surface area contributed by atoms with E-state index in [1.54, 1.807) is 12.1 Å². The molecule has 3 nitrogen and oxygen atoms in total. The summed E-state index contributed by atoms with van der Waals surface area (Å²) in [5.74, 6) is 0.911. The van der Waals surface area contributed by atoms with Crippen molar-refractivity contribution < 1.29 is 4.79 Å². The van der Waals surface area contributed by atoms with E-state index in [0.717, 1.165) is 19.0 Å². The van der Waals surface area contributed by atoms with Crippen molar-refractivity contribution in [3.05, 3.63) is 34.9 Å². The Kier molecular flexibility index (Phi) is 5.58. The SMILES string of the molecule is CN(CCC(=O)c1cccc(Cl)c1)CC1CCN(C)C1. The minimum absolute atomic E-state index is 0.169. The van der Waals surface area contributed by atoms with Crippen molar-refractivity contribution in [2.24, 2.45) is 5.92 Å². The van der Waals surface area contributed by atoms with Crippen LogP contribution in [0.15, 0.2) is 24.3 Å². The number of nitrogens with zero attached hydrogens (tertiary/aromatic N) is 2. The van der Waals surface area contributed by atoms with Crippen molar-refractivity contribution in [2.45, 2.75) is 12.8 Å². The third-order valence-corrected chi connectivity index (χ3v) is 4.16. The average Bonchev–Trinajstić information content (AvgIpc) is 2.81. The van der Waals surface area contributed by atoms with Crippen LogP contribution in [0.25, 0.3) is 0 Å². The van der Waals surface area contributed by atoms with Gasteiger partial charge in [0.1, 0.15) is 0 Å². The summed E-state index contributed by atoms with van der Waals surface area (Å²) in [7, 11) is 4.27. The first-order valence-electron chi connectivity index (χ1n) is 7.20. The van der Waals surface area contributed by atoms with E-state index in [9.17, 15) is 4.79 Å². The number of benzene rings is 1. The predicted octanol–water partition coefficient (Wildman–Crippen LogP) is 2.80. The fourth-order valence-corrected chi connectivity index (χ4v) is 3.00. The summed E-state index contributed by atoms with van der Waals surface area (Å²) >= 11 is 5.91. The second kappa shape index (κ2) is 7.21. The molecule has 110 valence electrons. The van der Waals surface area contributed by atoms with Crippen LogP contribution in [0.3, 0.4) is 0 Å². The molecular weight excluding hydrogens is 272 g/mol. The maximum absolute atomic E-state index is 12.1. The Bertz CT molecular complexity index is 464. The van der Waals surface area contributed by atoms with Crippen molar-refractivity contribution in [2.75, 3.05) is 40.3 Å². The summed E-state index contributed by atoms with van der Waals surface area (Å²) in [5, 5.41) is 0.623. The van der Waals surface area contributed by atoms with Gasteiger partial charge in [0, 0.05) is 36.6 Å². The quantitative estimate of drug-likeness (QED) is 0.754. The zero-order chi connectivity index (χ0) is 14.5. The standard InChI is InChI=1S/C16H23ClN2O/c1-18-8-6-13(11-18)12-19(2)9-7-16(20)14-4-3-5-15(17)10-14/h3-5,10,13H,6-9,11-12H2,1-2H3. The summed E-state index contributed by atoms with van der Waals surface area (Å²) < 4.78 is 0. The Morgan fingerprint density at radius 2 is 2.30 bits per heavy atom. The normalized spacial score (nSPS) is 19.7. The monoisotopic (exact) mass is 294 g/mol. The lowest BCUT2D eigenvalue weighted by Crippen LogP contribution is -2.29. The van der Waals surface area contributed by atoms with Crippen LogP contribution < -0.4 is 0 Å². The first-order valence-corrected chi connectivity index (χ1v) is 7.58. The van der Waals surface area contributed by atoms with Gasteiger partial charge < -0.3 is 9.80 Å². The Balaban J connectivity index is 1.75. The van der Waals surface area contributed by atoms with Gasteiger partial charge in [-0.1, -0.05) is 23.7 Å². The number of ketones is 1. The summed E-state index contributed by atoms with van der Waals surface area (Å²) in [6, 6.07) is 7.20. The molecule has 2 rings (SSSR count). The maximum Gasteiger partial charge on any atom is 0.164 e. The summed E-state index contributed by atoms with van der Waals surface area (Å²) in [4.78, 5) is 16.7. The molecule has 20 heavy (non-hydrogen) atoms. The van der Waals surface area contributed by atoms with Crippen molar-refractivity contribution in [3.63, 3.8) is 0 Å². The Morgan fingerprint density at radius 1 is 1.50 bits per heavy atom. The Labute approximate surface area is 126 Å². The first-order chi connectivity index (χ1) is 9.54. The zero-order valence-electron chi connectivity index (χ0n) is 12.3. The molecule has 0 aromatic heterocycles. The molecule has 1 aliphatic rings. The van der Waals surface area contributed by atoms with Crippen LogP contribution in [-0.2, 0) is 0 Å². The second-order valence-electron chi connectivity index (χ2n) is 5.86. The lowest BCUT2D eigenvalue weighted by molar-refractivity contribution is 0.0966. The van der Waals surface area contributed by atoms with Crippen molar-refractivity contribution in [1.82, 2.24) is 9.80 Å². The maximum atomic E-state index is 12.1. The number of hydrogen-bond acceptors (Lipinski definition) is 3. The Hall–Kier alpha value is -0.900. The van der Waals surface area contributed by atoms with Gasteiger partial charge in [0.15, 0.2) is 5.78 Å². The van der Waals surface area contributed by atoms with Gasteiger partial charge in [0.25, 0.3) is 0 Å². The largest absolute Gasteiger partial charge is 0.306 e. The average molecular weight is 295 g/mol. The minimum atomic E-state index is 0.169. The van der Waals surface area contributed by atoms with E-state index in [4.69, 9.17) is 11.6 Å². The van der Waals surface area contributed by atoms with E-state index in [-0.39, 0.29) is 5.78 Å². The van der Waals surface area contributed by atoms with Crippen LogP contribution in [0.2, 0.25) is 5.02 Å². The molecule has 0 aliphatic carbocycles. The molecule has 0 spiro atoms. The molecule has 0 radical (unpaired) electrons. The van der Waals surface area contributed by atoms with Gasteiger partial charge in [-0.15, -0.1) is 0 Å². The van der Waals surface area contributed by atoms with Crippen molar-refractivity contribution >= 4 is 17.4 Å². The molecule has 0 saturated carbocycles. The fraction of sp³-hybridized carbons (Fsp3) is 0.562. The number of carbonyl (C=O) groups is 1. The number of likely N-dealkylation sites (tertiary alicyclic amines) is 1. The lowest BCUT2D eigenvalue weighted by atomic mass is 10.1. The van der Waals surface area contributed by atoms with E-state index in [1.165, 1.54) is 19.5 Å². The van der Waals surface area contributed by atoms with Gasteiger partial charge in [-0.25, -0.2) is 0 Å². The summed E-state index contributed by atoms with van der Waals surface area (Å²) in [5.41, 5.74) is 0.714. The number of carbonyl (C=O) groups excluding carboxylic acids is 1. The highest BCUT2D eigenvalue weighted by Crippen LogP contribution is 2.16. The van der Waals surface area contributed by atoms with Crippen LogP contribution in [0.4, 0.5) is 0 Å². The van der Waals surface area contributed by atoms with Crippen LogP contribution >= 0.6 is 11.6 Å². The Morgan fingerprint density at radius 3 is 2.95 bits per heavy atom. The molecule has 1 aromatic carbocycles. The zero-order valence-corrected chi connectivity index (χ0v) is 13.1. The van der Waals surface area contributed by atoms with Crippen LogP contribution in [-0.4, -0.2) is 55.9 Å². The molecule has 0 bridgehead atoms. The first kappa shape index (κ1) is 15.5. The molecule has 1 fully saturated rings. The molecule has 0 amide bonds. The van der Waals surface area contributed by atoms with Gasteiger partial charge in [-0.2, -0.15) is 0 Å². The van der Waals surface area contributed by atoms with Crippen LogP contribution in [0, 0.1) is 5.92 Å². The summed E-state index contributed by atoms with van der Waals surface area (Å²) in [6.45, 7) is 4.26. The number of hydrogen-bond donors (Lipinski definition) is 0. The van der Waals surface area contributed by atoms with Crippen LogP contribution in [0.5, 0.6) is 0 Å². The molecule has 1 unspecified atom stereocenters. The highest BCUT2D eigenvalue weighted by atomic mass is 35.5. The van der Waals surface area contributed by atoms with Gasteiger partial charge >= 0.3 is 0 Å². The van der Waals surface area contributed by atoms with Crippen molar-refractivity contribution in [3.8, 4) is 0 Å². The van der Waals surface area contributed by atoms with Gasteiger partial charge in [-0.05, 0) is 45.1 Å². The smallest absolute Gasteiger partial charge is 0.164 e. The topological polar surface area (TPSA) is 23.6 Å². The van der Waals surface area contributed by atoms with Crippen molar-refractivity contribution in [1.29, 1.82) is 0 Å². The number of Topliss-reactive ketones (excluding diaryl/α,β-unsaturated/α-hetero) is 1. The number of rotatable bonds is 6. The number of halogens is 1. The summed E-state index contributed by atoms with van der Waals surface area (Å²) in [6.07, 6.45) is 1.82. The van der Waals surface area contributed by atoms with Gasteiger partial charge in [-0.3, -0.25) is 4.79 Å². The molecule has 1 aromatic rings. The van der Waals surface area contributed by atoms with E-state index in [2.05, 4.69) is 23.9 Å². The molecule has 4 heteroatoms. The van der Waals surface area contributed by atoms with E-state index in [0.29, 0.717) is 17.0 Å². The molecule has 0 N–H and O–H groups in total. The molecule has 1 heterocycles. The van der Waals surface area contributed by atoms with E-state index >= 15 is 0 Å². The third-order valence-electron chi connectivity index (χ3n) is 3.93. The molecule has 1 saturated heterocycles. The molecular formula is C16H23ClN2O. The van der Waals surface area contributed by atoms with Crippen LogP contribution in [0.1, 0.15) is 23.2 Å². The third kappa shape index (κ3) is 4.58. The highest BCUT2D eigenvalue weighted by Gasteiger charge is 2.20. The highest BCUT2D eigenvalue weighted by molar-refractivity contribution is 6.31. The van der Waals surface area contributed by atoms with E-state index < -0.39 is 0 Å². The lowest BCUT2D eigenvalue weighted by Gasteiger charge is -2.20.